The van der Waals surface area contributed by atoms with Crippen molar-refractivity contribution < 1.29 is 66.8 Å². The molecule has 72 heavy (non-hydrogen) atoms. The van der Waals surface area contributed by atoms with Gasteiger partial charge in [0.05, 0.1) is 43.9 Å². The summed E-state index contributed by atoms with van der Waals surface area (Å²) in [5.41, 5.74) is 13.5. The van der Waals surface area contributed by atoms with E-state index < -0.39 is 30.9 Å². The third kappa shape index (κ3) is 13.2. The van der Waals surface area contributed by atoms with Crippen LogP contribution < -0.4 is 29.2 Å². The number of primary sulfonamides is 2. The van der Waals surface area contributed by atoms with Gasteiger partial charge in [-0.25, -0.2) is 27.1 Å². The van der Waals surface area contributed by atoms with Gasteiger partial charge < -0.3 is 18.9 Å². The number of allylic oxidation sites excluding steroid dienone is 6. The average molecular weight is 1350 g/mol. The fourth-order valence-corrected chi connectivity index (χ4v) is 9.84. The molecule has 382 valence electrons. The van der Waals surface area contributed by atoms with E-state index in [0.717, 1.165) is 79.2 Å². The Morgan fingerprint density at radius 3 is 1.06 bits per heavy atom. The second-order valence-electron chi connectivity index (χ2n) is 17.9. The van der Waals surface area contributed by atoms with Gasteiger partial charge in [-0.3, -0.25) is 0 Å². The van der Waals surface area contributed by atoms with E-state index in [2.05, 4.69) is 100 Å². The first-order valence-electron chi connectivity index (χ1n) is 23.5. The fraction of sp³-hybridized carbons (Fsp3) is 0.241. The van der Waals surface area contributed by atoms with E-state index in [9.17, 15) is 16.8 Å². The normalized spacial score (nSPS) is 15.3. The van der Waals surface area contributed by atoms with E-state index >= 15 is 0 Å². The zero-order chi connectivity index (χ0) is 51.9. The molecule has 0 atom stereocenters. The van der Waals surface area contributed by atoms with Crippen molar-refractivity contribution in [3.8, 4) is 0 Å². The molecule has 0 saturated carbocycles. The molecular formula is C58H70N6O4Re2S2. The number of pyridine rings is 2. The number of sulfonamides is 2. The van der Waals surface area contributed by atoms with Crippen LogP contribution in [0.3, 0.4) is 0 Å². The van der Waals surface area contributed by atoms with Gasteiger partial charge in [0.1, 0.15) is 0 Å². The Balaban J connectivity index is 0.000000347. The first-order valence-corrected chi connectivity index (χ1v) is 26.6. The maximum atomic E-state index is 12.0. The van der Waals surface area contributed by atoms with E-state index in [0.29, 0.717) is 0 Å². The number of hydrogen-bond acceptors (Lipinski definition) is 6. The number of hydrogen-bond donors (Lipinski definition) is 2. The Bertz CT molecular complexity index is 2960. The standard InChI is InChI=1S/2C27H29N3O2S.2C2H6.2Re/c2*1-19-16-21(17-20(2)29(19)5)10-9-13-26-27(3,4)24-18-23(33(28,31)32)14-15-25(24)30(26)22-11-7-6-8-12-22;2*1-2;;/h2*6-18H,5H2,1-4H3,(H2,28,31,32);2*1-2H3;;. The summed E-state index contributed by atoms with van der Waals surface area (Å²) in [4.78, 5) is 4.60. The maximum absolute atomic E-state index is 12.0. The molecule has 0 unspecified atom stereocenters. The van der Waals surface area contributed by atoms with Crippen molar-refractivity contribution in [2.75, 3.05) is 9.80 Å². The molecule has 0 aliphatic carbocycles. The van der Waals surface area contributed by atoms with Crippen molar-refractivity contribution in [3.63, 3.8) is 0 Å². The molecule has 0 fully saturated rings. The second-order valence-corrected chi connectivity index (χ2v) is 21.0. The summed E-state index contributed by atoms with van der Waals surface area (Å²) in [6, 6.07) is 38.7. The Morgan fingerprint density at radius 2 is 0.778 bits per heavy atom. The Labute approximate surface area is 458 Å². The number of rotatable bonds is 8. The third-order valence-corrected chi connectivity index (χ3v) is 14.3. The van der Waals surface area contributed by atoms with Gasteiger partial charge in [0.15, 0.2) is 0 Å². The van der Waals surface area contributed by atoms with E-state index in [4.69, 9.17) is 10.3 Å². The van der Waals surface area contributed by atoms with Crippen molar-refractivity contribution in [1.29, 1.82) is 0 Å². The molecule has 2 aliphatic heterocycles. The number of nitrogens with two attached hydrogens (primary N) is 2. The quantitative estimate of drug-likeness (QED) is 0.115. The number of aryl methyl sites for hydroxylation is 4. The fourth-order valence-electron chi connectivity index (χ4n) is 8.76. The number of nitrogens with zero attached hydrogens (tertiary/aromatic N) is 4. The minimum atomic E-state index is -3.80. The van der Waals surface area contributed by atoms with E-state index in [1.807, 2.05) is 149 Å². The first-order chi connectivity index (χ1) is 33.0. The van der Waals surface area contributed by atoms with Gasteiger partial charge in [-0.2, -0.15) is 0 Å². The zero-order valence-corrected chi connectivity index (χ0v) is 50.6. The number of benzene rings is 4. The third-order valence-electron chi connectivity index (χ3n) is 12.5. The molecule has 2 aromatic heterocycles. The minimum Gasteiger partial charge on any atom is -0.335 e. The van der Waals surface area contributed by atoms with Gasteiger partial charge in [-0.1, -0.05) is 116 Å². The summed E-state index contributed by atoms with van der Waals surface area (Å²) in [6.07, 6.45) is 12.4. The van der Waals surface area contributed by atoms with Crippen LogP contribution in [0.2, 0.25) is 0 Å². The molecule has 0 amide bonds. The zero-order valence-electron chi connectivity index (χ0n) is 43.6. The molecule has 0 saturated heterocycles. The first kappa shape index (κ1) is 60.9. The molecule has 8 rings (SSSR count). The minimum absolute atomic E-state index is 0. The molecule has 10 nitrogen and oxygen atoms in total. The average Bonchev–Trinajstić information content (AvgIpc) is 3.69. The van der Waals surface area contributed by atoms with E-state index in [-0.39, 0.29) is 50.6 Å². The number of fused-ring (bicyclic) bond motifs is 2. The van der Waals surface area contributed by atoms with Crippen molar-refractivity contribution >= 4 is 54.9 Å². The number of para-hydroxylation sites is 2. The monoisotopic (exact) mass is 1350 g/mol. The summed E-state index contributed by atoms with van der Waals surface area (Å²) >= 11 is 0. The molecule has 0 spiro atoms. The predicted octanol–water partition coefficient (Wildman–Crippen LogP) is 11.9. The van der Waals surface area contributed by atoms with Gasteiger partial charge in [0.25, 0.3) is 0 Å². The van der Waals surface area contributed by atoms with Crippen molar-refractivity contribution in [3.05, 3.63) is 216 Å². The number of aromatic nitrogens is 2. The van der Waals surface area contributed by atoms with E-state index in [1.54, 1.807) is 24.3 Å². The van der Waals surface area contributed by atoms with Crippen LogP contribution in [0.15, 0.2) is 167 Å². The van der Waals surface area contributed by atoms with Crippen LogP contribution in [0.5, 0.6) is 0 Å². The predicted molar refractivity (Wildman–Crippen MR) is 290 cm³/mol. The second kappa shape index (κ2) is 25.0. The molecule has 14 heteroatoms. The molecular weight excluding hydrogens is 1280 g/mol. The molecule has 6 aromatic rings. The van der Waals surface area contributed by atoms with Gasteiger partial charge >= 0.3 is 0 Å². The summed E-state index contributed by atoms with van der Waals surface area (Å²) in [5.74, 6) is 0. The summed E-state index contributed by atoms with van der Waals surface area (Å²) in [5, 5.41) is 10.9. The van der Waals surface area contributed by atoms with Crippen LogP contribution in [-0.4, -0.2) is 16.8 Å². The van der Waals surface area contributed by atoms with Crippen molar-refractivity contribution in [1.82, 2.24) is 0 Å². The van der Waals surface area contributed by atoms with Crippen LogP contribution in [0.1, 0.15) is 100 Å². The van der Waals surface area contributed by atoms with Gasteiger partial charge in [0, 0.05) is 88.5 Å². The summed E-state index contributed by atoms with van der Waals surface area (Å²) in [7, 11) is 0.476. The molecule has 2 radical (unpaired) electrons. The van der Waals surface area contributed by atoms with Gasteiger partial charge in [-0.05, 0) is 147 Å². The smallest absolute Gasteiger partial charge is 0.238 e. The Kier molecular flexibility index (Phi) is 21.2. The van der Waals surface area contributed by atoms with Crippen LogP contribution >= 0.6 is 0 Å². The van der Waals surface area contributed by atoms with Gasteiger partial charge in [0.2, 0.25) is 20.0 Å². The van der Waals surface area contributed by atoms with Gasteiger partial charge in [-0.15, -0.1) is 0 Å². The SMILES string of the molecule is CC.CC.[CH2-][n+]1c(C)cc(C=CC=C2N(c3ccccc3)c3ccc(S(N)(=O)=O)cc3C2(C)C)cc1C.[CH2-][n+]1c(C)cc(C=CC=C2N(c3ccccc3)c3ccc(S(N)(=O)=O)cc3C2(C)C)cc1C.[Re].[Re]. The molecule has 4 heterocycles. The van der Waals surface area contributed by atoms with Crippen LogP contribution in [0, 0.1) is 41.8 Å². The molecule has 4 N–H and O–H groups in total. The number of anilines is 4. The Hall–Kier alpha value is -5.38. The van der Waals surface area contributed by atoms with Crippen LogP contribution in [0.4, 0.5) is 22.7 Å². The van der Waals surface area contributed by atoms with Crippen molar-refractivity contribution in [2.24, 2.45) is 10.3 Å². The molecule has 2 aliphatic rings. The van der Waals surface area contributed by atoms with Crippen LogP contribution in [-0.2, 0) is 71.7 Å². The largest absolute Gasteiger partial charge is 0.335 e. The van der Waals surface area contributed by atoms with E-state index in [1.165, 1.54) is 0 Å². The summed E-state index contributed by atoms with van der Waals surface area (Å²) < 4.78 is 51.9. The topological polar surface area (TPSA) is 135 Å². The van der Waals surface area contributed by atoms with Crippen LogP contribution in [0.25, 0.3) is 12.2 Å². The molecule has 0 bridgehead atoms. The van der Waals surface area contributed by atoms with Crippen molar-refractivity contribution in [2.45, 2.75) is 104 Å². The maximum Gasteiger partial charge on any atom is 0.238 e. The molecule has 4 aromatic carbocycles. The summed E-state index contributed by atoms with van der Waals surface area (Å²) in [6.45, 7) is 24.5. The Morgan fingerprint density at radius 1 is 0.486 bits per heavy atom.